The van der Waals surface area contributed by atoms with Crippen LogP contribution in [0.1, 0.15) is 32.4 Å². The smallest absolute Gasteiger partial charge is 0.227 e. The summed E-state index contributed by atoms with van der Waals surface area (Å²) in [5, 5.41) is 6.20. The van der Waals surface area contributed by atoms with Crippen molar-refractivity contribution in [2.45, 2.75) is 33.1 Å². The van der Waals surface area contributed by atoms with Crippen molar-refractivity contribution < 1.29 is 4.79 Å². The lowest BCUT2D eigenvalue weighted by Gasteiger charge is -2.38. The highest BCUT2D eigenvalue weighted by Gasteiger charge is 2.37. The second-order valence-corrected chi connectivity index (χ2v) is 7.78. The molecule has 0 saturated carbocycles. The third-order valence-electron chi connectivity index (χ3n) is 4.92. The Kier molecular flexibility index (Phi) is 5.81. The molecule has 2 aromatic heterocycles. The van der Waals surface area contributed by atoms with Crippen LogP contribution in [0, 0.1) is 5.41 Å². The normalized spacial score (nSPS) is 21.2. The fourth-order valence-electron chi connectivity index (χ4n) is 3.37. The van der Waals surface area contributed by atoms with Crippen LogP contribution in [-0.4, -0.2) is 47.0 Å². The Morgan fingerprint density at radius 1 is 1.40 bits per heavy atom. The van der Waals surface area contributed by atoms with Crippen LogP contribution in [0.15, 0.2) is 29.9 Å². The Bertz CT molecular complexity index is 702. The summed E-state index contributed by atoms with van der Waals surface area (Å²) in [5.41, 5.74) is 1.85. The molecule has 1 aliphatic rings. The molecular weight excluding hydrogens is 332 g/mol. The van der Waals surface area contributed by atoms with Gasteiger partial charge in [0, 0.05) is 42.8 Å². The van der Waals surface area contributed by atoms with Gasteiger partial charge in [-0.05, 0) is 45.0 Å². The van der Waals surface area contributed by atoms with Gasteiger partial charge in [0.15, 0.2) is 0 Å². The Morgan fingerprint density at radius 3 is 2.96 bits per heavy atom. The summed E-state index contributed by atoms with van der Waals surface area (Å²) in [6.07, 6.45) is 6.39. The van der Waals surface area contributed by atoms with Crippen molar-refractivity contribution in [1.82, 2.24) is 20.2 Å². The number of pyridine rings is 1. The van der Waals surface area contributed by atoms with E-state index < -0.39 is 0 Å². The number of hydrogen-bond acceptors (Lipinski definition) is 5. The lowest BCUT2D eigenvalue weighted by atomic mass is 9.81. The maximum absolute atomic E-state index is 12.6. The topological polar surface area (TPSA) is 58.1 Å². The number of hydrogen-bond donors (Lipinski definition) is 1. The van der Waals surface area contributed by atoms with Crippen molar-refractivity contribution in [2.75, 3.05) is 26.2 Å². The van der Waals surface area contributed by atoms with Crippen molar-refractivity contribution in [3.05, 3.63) is 35.6 Å². The van der Waals surface area contributed by atoms with Gasteiger partial charge < -0.3 is 10.2 Å². The number of nitrogens with zero attached hydrogens (tertiary/aromatic N) is 3. The lowest BCUT2D eigenvalue weighted by Crippen LogP contribution is -2.50. The Balaban J connectivity index is 1.51. The summed E-state index contributed by atoms with van der Waals surface area (Å²) in [5.74, 6) is 0.176. The van der Waals surface area contributed by atoms with E-state index in [1.807, 2.05) is 12.1 Å². The van der Waals surface area contributed by atoms with Crippen molar-refractivity contribution >= 4 is 17.2 Å². The van der Waals surface area contributed by atoms with E-state index in [-0.39, 0.29) is 11.3 Å². The molecule has 1 atom stereocenters. The second-order valence-electron chi connectivity index (χ2n) is 6.92. The maximum atomic E-state index is 12.6. The molecule has 1 N–H and O–H groups in total. The molecule has 0 radical (unpaired) electrons. The first-order valence-corrected chi connectivity index (χ1v) is 9.84. The van der Waals surface area contributed by atoms with Crippen LogP contribution in [0.25, 0.3) is 10.6 Å². The van der Waals surface area contributed by atoms with Crippen molar-refractivity contribution in [3.63, 3.8) is 0 Å². The SMILES string of the molecule is CCN1CCCC(C)(C(=O)NCCc2csc(-c3ccncc3)n2)C1. The van der Waals surface area contributed by atoms with E-state index in [2.05, 4.69) is 39.4 Å². The quantitative estimate of drug-likeness (QED) is 0.862. The zero-order valence-electron chi connectivity index (χ0n) is 15.0. The van der Waals surface area contributed by atoms with Gasteiger partial charge in [0.2, 0.25) is 5.91 Å². The van der Waals surface area contributed by atoms with Crippen molar-refractivity contribution in [1.29, 1.82) is 0 Å². The van der Waals surface area contributed by atoms with Gasteiger partial charge in [-0.1, -0.05) is 6.92 Å². The zero-order chi connectivity index (χ0) is 17.7. The average molecular weight is 359 g/mol. The Labute approximate surface area is 153 Å². The summed E-state index contributed by atoms with van der Waals surface area (Å²) in [6, 6.07) is 3.93. The minimum absolute atomic E-state index is 0.176. The van der Waals surface area contributed by atoms with E-state index >= 15 is 0 Å². The molecule has 0 bridgehead atoms. The van der Waals surface area contributed by atoms with Crippen LogP contribution in [0.4, 0.5) is 0 Å². The number of carbonyl (C=O) groups is 1. The number of likely N-dealkylation sites (tertiary alicyclic amines) is 1. The predicted octanol–water partition coefficient (Wildman–Crippen LogP) is 2.99. The Hall–Kier alpha value is -1.79. The molecule has 1 amide bonds. The summed E-state index contributed by atoms with van der Waals surface area (Å²) < 4.78 is 0. The maximum Gasteiger partial charge on any atom is 0.227 e. The summed E-state index contributed by atoms with van der Waals surface area (Å²) >= 11 is 1.63. The molecule has 6 heteroatoms. The van der Waals surface area contributed by atoms with E-state index in [4.69, 9.17) is 0 Å². The number of rotatable bonds is 6. The highest BCUT2D eigenvalue weighted by molar-refractivity contribution is 7.13. The first kappa shape index (κ1) is 18.0. The minimum Gasteiger partial charge on any atom is -0.355 e. The van der Waals surface area contributed by atoms with Crippen LogP contribution in [0.5, 0.6) is 0 Å². The van der Waals surface area contributed by atoms with Gasteiger partial charge in [0.1, 0.15) is 5.01 Å². The van der Waals surface area contributed by atoms with Crippen LogP contribution in [0.3, 0.4) is 0 Å². The van der Waals surface area contributed by atoms with Gasteiger partial charge in [0.25, 0.3) is 0 Å². The highest BCUT2D eigenvalue weighted by Crippen LogP contribution is 2.29. The molecular formula is C19H26N4OS. The van der Waals surface area contributed by atoms with E-state index in [0.29, 0.717) is 6.54 Å². The molecule has 2 aromatic rings. The standard InChI is InChI=1S/C19H26N4OS/c1-3-23-12-4-8-19(2,14-23)18(24)21-11-7-16-13-25-17(22-16)15-5-9-20-10-6-15/h5-6,9-10,13H,3-4,7-8,11-12,14H2,1-2H3,(H,21,24). The Morgan fingerprint density at radius 2 is 2.20 bits per heavy atom. The third-order valence-corrected chi connectivity index (χ3v) is 5.86. The number of nitrogens with one attached hydrogen (secondary N) is 1. The molecule has 1 unspecified atom stereocenters. The molecule has 0 aliphatic carbocycles. The summed E-state index contributed by atoms with van der Waals surface area (Å²) in [7, 11) is 0. The molecule has 0 spiro atoms. The average Bonchev–Trinajstić information content (AvgIpc) is 3.11. The van der Waals surface area contributed by atoms with Crippen LogP contribution in [-0.2, 0) is 11.2 Å². The van der Waals surface area contributed by atoms with E-state index in [1.165, 1.54) is 0 Å². The number of aromatic nitrogens is 2. The lowest BCUT2D eigenvalue weighted by molar-refractivity contribution is -0.133. The fraction of sp³-hybridized carbons (Fsp3) is 0.526. The van der Waals surface area contributed by atoms with Gasteiger partial charge in [-0.25, -0.2) is 4.98 Å². The molecule has 1 saturated heterocycles. The van der Waals surface area contributed by atoms with Gasteiger partial charge in [-0.15, -0.1) is 11.3 Å². The van der Waals surface area contributed by atoms with Crippen LogP contribution in [0.2, 0.25) is 0 Å². The number of carbonyl (C=O) groups excluding carboxylic acids is 1. The summed E-state index contributed by atoms with van der Waals surface area (Å²) in [4.78, 5) is 23.7. The largest absolute Gasteiger partial charge is 0.355 e. The van der Waals surface area contributed by atoms with Gasteiger partial charge in [-0.3, -0.25) is 9.78 Å². The van der Waals surface area contributed by atoms with Crippen LogP contribution >= 0.6 is 11.3 Å². The molecule has 0 aromatic carbocycles. The van der Waals surface area contributed by atoms with E-state index in [0.717, 1.165) is 55.2 Å². The molecule has 25 heavy (non-hydrogen) atoms. The highest BCUT2D eigenvalue weighted by atomic mass is 32.1. The molecule has 1 fully saturated rings. The van der Waals surface area contributed by atoms with E-state index in [1.54, 1.807) is 23.7 Å². The first-order valence-electron chi connectivity index (χ1n) is 8.96. The van der Waals surface area contributed by atoms with Crippen LogP contribution < -0.4 is 5.32 Å². The van der Waals surface area contributed by atoms with Crippen molar-refractivity contribution in [3.8, 4) is 10.6 Å². The number of piperidine rings is 1. The minimum atomic E-state index is -0.265. The first-order chi connectivity index (χ1) is 12.1. The molecule has 3 heterocycles. The monoisotopic (exact) mass is 358 g/mol. The fourth-order valence-corrected chi connectivity index (χ4v) is 4.23. The molecule has 134 valence electrons. The zero-order valence-corrected chi connectivity index (χ0v) is 15.8. The second kappa shape index (κ2) is 8.06. The van der Waals surface area contributed by atoms with Gasteiger partial charge >= 0.3 is 0 Å². The number of thiazole rings is 1. The summed E-state index contributed by atoms with van der Waals surface area (Å²) in [6.45, 7) is 7.87. The van der Waals surface area contributed by atoms with E-state index in [9.17, 15) is 4.79 Å². The molecule has 1 aliphatic heterocycles. The molecule has 3 rings (SSSR count). The predicted molar refractivity (Wildman–Crippen MR) is 102 cm³/mol. The third kappa shape index (κ3) is 4.44. The van der Waals surface area contributed by atoms with Gasteiger partial charge in [0.05, 0.1) is 11.1 Å². The van der Waals surface area contributed by atoms with Crippen molar-refractivity contribution in [2.24, 2.45) is 5.41 Å². The number of amides is 1. The molecule has 5 nitrogen and oxygen atoms in total. The van der Waals surface area contributed by atoms with Gasteiger partial charge in [-0.2, -0.15) is 0 Å².